The highest BCUT2D eigenvalue weighted by Gasteiger charge is 2.08. The highest BCUT2D eigenvalue weighted by molar-refractivity contribution is 5.97. The van der Waals surface area contributed by atoms with Crippen molar-refractivity contribution in [3.8, 4) is 0 Å². The summed E-state index contributed by atoms with van der Waals surface area (Å²) in [6, 6.07) is 6.48. The van der Waals surface area contributed by atoms with Gasteiger partial charge in [0.25, 0.3) is 0 Å². The Labute approximate surface area is 110 Å². The van der Waals surface area contributed by atoms with Crippen molar-refractivity contribution < 1.29 is 4.39 Å². The number of amidine groups is 1. The Balaban J connectivity index is 2.47. The third-order valence-corrected chi connectivity index (χ3v) is 2.63. The van der Waals surface area contributed by atoms with E-state index in [9.17, 15) is 4.39 Å². The van der Waals surface area contributed by atoms with Gasteiger partial charge in [0.05, 0.1) is 5.69 Å². The van der Waals surface area contributed by atoms with Crippen molar-refractivity contribution in [1.82, 2.24) is 9.97 Å². The van der Waals surface area contributed by atoms with Crippen LogP contribution in [0.4, 0.5) is 4.39 Å². The Morgan fingerprint density at radius 3 is 2.63 bits per heavy atom. The third kappa shape index (κ3) is 2.82. The van der Waals surface area contributed by atoms with E-state index in [0.29, 0.717) is 16.8 Å². The molecule has 0 aliphatic rings. The van der Waals surface area contributed by atoms with Crippen LogP contribution < -0.4 is 5.73 Å². The summed E-state index contributed by atoms with van der Waals surface area (Å²) in [4.78, 5) is 8.11. The molecule has 0 aliphatic carbocycles. The van der Waals surface area contributed by atoms with Crippen LogP contribution in [0, 0.1) is 11.2 Å². The summed E-state index contributed by atoms with van der Waals surface area (Å²) in [6.07, 6.45) is 4.64. The van der Waals surface area contributed by atoms with Crippen LogP contribution in [0.25, 0.3) is 11.6 Å². The molecule has 1 aromatic heterocycles. The molecule has 0 atom stereocenters. The lowest BCUT2D eigenvalue weighted by Gasteiger charge is -2.05. The summed E-state index contributed by atoms with van der Waals surface area (Å²) >= 11 is 0. The predicted octanol–water partition coefficient (Wildman–Crippen LogP) is 2.46. The molecule has 4 nitrogen and oxygen atoms in total. The monoisotopic (exact) mass is 256 g/mol. The number of nitrogens with one attached hydrogen (secondary N) is 1. The van der Waals surface area contributed by atoms with Crippen LogP contribution >= 0.6 is 0 Å². The van der Waals surface area contributed by atoms with Crippen molar-refractivity contribution in [2.45, 2.75) is 6.92 Å². The van der Waals surface area contributed by atoms with Crippen LogP contribution in [0.5, 0.6) is 0 Å². The van der Waals surface area contributed by atoms with Crippen molar-refractivity contribution in [3.63, 3.8) is 0 Å². The molecule has 0 bridgehead atoms. The molecule has 0 radical (unpaired) electrons. The van der Waals surface area contributed by atoms with E-state index in [4.69, 9.17) is 11.1 Å². The molecule has 0 saturated carbocycles. The van der Waals surface area contributed by atoms with Gasteiger partial charge in [0.15, 0.2) is 0 Å². The van der Waals surface area contributed by atoms with Crippen LogP contribution in [0.15, 0.2) is 36.7 Å². The Bertz CT molecular complexity index is 649. The largest absolute Gasteiger partial charge is 0.382 e. The Kier molecular flexibility index (Phi) is 3.66. The molecule has 5 heteroatoms. The normalized spacial score (nSPS) is 11.4. The second-order valence-electron chi connectivity index (χ2n) is 4.01. The van der Waals surface area contributed by atoms with E-state index in [2.05, 4.69) is 9.97 Å². The van der Waals surface area contributed by atoms with Gasteiger partial charge in [-0.15, -0.1) is 0 Å². The number of halogens is 1. The molecule has 0 amide bonds. The zero-order valence-electron chi connectivity index (χ0n) is 10.4. The molecule has 3 N–H and O–H groups in total. The van der Waals surface area contributed by atoms with E-state index in [0.717, 1.165) is 0 Å². The van der Waals surface area contributed by atoms with Gasteiger partial charge in [-0.3, -0.25) is 10.4 Å². The van der Waals surface area contributed by atoms with Crippen molar-refractivity contribution in [1.29, 1.82) is 5.41 Å². The van der Waals surface area contributed by atoms with Crippen LogP contribution in [0.1, 0.15) is 23.9 Å². The molecule has 0 unspecified atom stereocenters. The number of nitrogens with two attached hydrogens (primary N) is 1. The Morgan fingerprint density at radius 2 is 1.95 bits per heavy atom. The lowest BCUT2D eigenvalue weighted by molar-refractivity contribution is 0.624. The summed E-state index contributed by atoms with van der Waals surface area (Å²) in [5.74, 6) is -0.467. The van der Waals surface area contributed by atoms with Gasteiger partial charge in [-0.2, -0.15) is 0 Å². The number of aromatic nitrogens is 2. The zero-order valence-corrected chi connectivity index (χ0v) is 10.4. The fourth-order valence-electron chi connectivity index (χ4n) is 1.73. The second kappa shape index (κ2) is 5.39. The molecule has 2 aromatic rings. The topological polar surface area (TPSA) is 75.7 Å². The van der Waals surface area contributed by atoms with Gasteiger partial charge in [0.1, 0.15) is 17.3 Å². The summed E-state index contributed by atoms with van der Waals surface area (Å²) < 4.78 is 13.7. The molecule has 96 valence electrons. The van der Waals surface area contributed by atoms with E-state index in [-0.39, 0.29) is 17.3 Å². The van der Waals surface area contributed by atoms with Crippen molar-refractivity contribution in [2.75, 3.05) is 0 Å². The summed E-state index contributed by atoms with van der Waals surface area (Å²) in [7, 11) is 0. The van der Waals surface area contributed by atoms with Crippen LogP contribution in [-0.2, 0) is 0 Å². The smallest absolute Gasteiger partial charge is 0.144 e. The molecule has 1 heterocycles. The highest BCUT2D eigenvalue weighted by atomic mass is 19.1. The number of hydrogen-bond donors (Lipinski definition) is 2. The van der Waals surface area contributed by atoms with E-state index in [1.165, 1.54) is 18.5 Å². The van der Waals surface area contributed by atoms with E-state index in [1.54, 1.807) is 31.2 Å². The van der Waals surface area contributed by atoms with Gasteiger partial charge in [0.2, 0.25) is 0 Å². The fraction of sp³-hybridized carbons (Fsp3) is 0.0714. The minimum atomic E-state index is -0.301. The molecule has 0 aliphatic heterocycles. The summed E-state index contributed by atoms with van der Waals surface area (Å²) in [6.45, 7) is 1.77. The highest BCUT2D eigenvalue weighted by Crippen LogP contribution is 2.20. The number of hydrogen-bond acceptors (Lipinski definition) is 3. The van der Waals surface area contributed by atoms with Crippen molar-refractivity contribution in [3.05, 3.63) is 59.4 Å². The standard InChI is InChI=1S/C14H13FN4/c1-9(10-4-2-3-5-11(10)15)8-12-13(14(16)17)19-7-6-18-12/h2-8H,1H3,(H3,16,17)/b9-8-. The molecular weight excluding hydrogens is 243 g/mol. The molecule has 0 saturated heterocycles. The zero-order chi connectivity index (χ0) is 13.8. The van der Waals surface area contributed by atoms with E-state index >= 15 is 0 Å². The predicted molar refractivity (Wildman–Crippen MR) is 73.0 cm³/mol. The molecular formula is C14H13FN4. The minimum Gasteiger partial charge on any atom is -0.382 e. The average molecular weight is 256 g/mol. The molecule has 0 fully saturated rings. The minimum absolute atomic E-state index is 0.166. The molecule has 0 spiro atoms. The second-order valence-corrected chi connectivity index (χ2v) is 4.01. The lowest BCUT2D eigenvalue weighted by atomic mass is 10.1. The third-order valence-electron chi connectivity index (χ3n) is 2.63. The maximum Gasteiger partial charge on any atom is 0.144 e. The Hall–Kier alpha value is -2.56. The van der Waals surface area contributed by atoms with Gasteiger partial charge in [-0.05, 0) is 24.6 Å². The van der Waals surface area contributed by atoms with Gasteiger partial charge in [-0.1, -0.05) is 18.2 Å². The number of allylic oxidation sites excluding steroid dienone is 1. The number of nitrogen functional groups attached to an aromatic ring is 1. The number of rotatable bonds is 3. The quantitative estimate of drug-likeness (QED) is 0.654. The first-order chi connectivity index (χ1) is 9.09. The first-order valence-corrected chi connectivity index (χ1v) is 5.68. The average Bonchev–Trinajstić information content (AvgIpc) is 2.39. The van der Waals surface area contributed by atoms with Gasteiger partial charge in [0, 0.05) is 18.0 Å². The van der Waals surface area contributed by atoms with Crippen LogP contribution in [0.3, 0.4) is 0 Å². The maximum absolute atomic E-state index is 13.7. The van der Waals surface area contributed by atoms with E-state index < -0.39 is 0 Å². The van der Waals surface area contributed by atoms with Crippen molar-refractivity contribution in [2.24, 2.45) is 5.73 Å². The van der Waals surface area contributed by atoms with Gasteiger partial charge >= 0.3 is 0 Å². The lowest BCUT2D eigenvalue weighted by Crippen LogP contribution is -2.15. The first-order valence-electron chi connectivity index (χ1n) is 5.68. The maximum atomic E-state index is 13.7. The van der Waals surface area contributed by atoms with Gasteiger partial charge < -0.3 is 5.73 Å². The van der Waals surface area contributed by atoms with Gasteiger partial charge in [-0.25, -0.2) is 9.37 Å². The molecule has 1 aromatic carbocycles. The van der Waals surface area contributed by atoms with Crippen molar-refractivity contribution >= 4 is 17.5 Å². The van der Waals surface area contributed by atoms with E-state index in [1.807, 2.05) is 0 Å². The molecule has 2 rings (SSSR count). The fourth-order valence-corrected chi connectivity index (χ4v) is 1.73. The van der Waals surface area contributed by atoms with Crippen LogP contribution in [-0.4, -0.2) is 15.8 Å². The molecule has 19 heavy (non-hydrogen) atoms. The summed E-state index contributed by atoms with van der Waals surface area (Å²) in [5.41, 5.74) is 7.36. The summed E-state index contributed by atoms with van der Waals surface area (Å²) in [5, 5.41) is 7.44. The Morgan fingerprint density at radius 1 is 1.26 bits per heavy atom. The first kappa shape index (κ1) is 12.9. The van der Waals surface area contributed by atoms with Crippen LogP contribution in [0.2, 0.25) is 0 Å². The number of benzene rings is 1. The SMILES string of the molecule is C/C(=C/c1nccnc1C(=N)N)c1ccccc1F. The number of nitrogens with zero attached hydrogens (tertiary/aromatic N) is 2.